The summed E-state index contributed by atoms with van der Waals surface area (Å²) in [6.07, 6.45) is 1.08. The van der Waals surface area contributed by atoms with Gasteiger partial charge in [0.15, 0.2) is 0 Å². The Kier molecular flexibility index (Phi) is 1.24. The highest BCUT2D eigenvalue weighted by molar-refractivity contribution is 5.34. The van der Waals surface area contributed by atoms with Gasteiger partial charge >= 0.3 is 0 Å². The molecule has 1 aliphatic rings. The summed E-state index contributed by atoms with van der Waals surface area (Å²) in [6.45, 7) is 3.03. The van der Waals surface area contributed by atoms with Crippen molar-refractivity contribution in [1.29, 1.82) is 0 Å². The van der Waals surface area contributed by atoms with Gasteiger partial charge in [0, 0.05) is 12.6 Å². The van der Waals surface area contributed by atoms with E-state index in [2.05, 4.69) is 22.3 Å². The number of hydrogen-bond acceptors (Lipinski definition) is 4. The lowest BCUT2D eigenvalue weighted by Crippen LogP contribution is -2.26. The van der Waals surface area contributed by atoms with Gasteiger partial charge in [0.25, 0.3) is 0 Å². The van der Waals surface area contributed by atoms with Crippen molar-refractivity contribution in [2.75, 3.05) is 11.1 Å². The zero-order chi connectivity index (χ0) is 7.84. The Morgan fingerprint density at radius 3 is 3.36 bits per heavy atom. The van der Waals surface area contributed by atoms with Crippen LogP contribution in [0.5, 0.6) is 0 Å². The molecule has 11 heavy (non-hydrogen) atoms. The van der Waals surface area contributed by atoms with Gasteiger partial charge in [-0.25, -0.2) is 4.68 Å². The quantitative estimate of drug-likeness (QED) is 0.553. The van der Waals surface area contributed by atoms with Crippen molar-refractivity contribution in [3.63, 3.8) is 0 Å². The molecule has 0 bridgehead atoms. The molecule has 60 valence electrons. The topological polar surface area (TPSA) is 68.8 Å². The van der Waals surface area contributed by atoms with E-state index in [0.29, 0.717) is 12.0 Å². The predicted molar refractivity (Wildman–Crippen MR) is 42.1 cm³/mol. The van der Waals surface area contributed by atoms with Crippen LogP contribution in [0.2, 0.25) is 0 Å². The van der Waals surface area contributed by atoms with Crippen molar-refractivity contribution in [1.82, 2.24) is 14.8 Å². The van der Waals surface area contributed by atoms with Gasteiger partial charge in [-0.15, -0.1) is 5.10 Å². The minimum absolute atomic E-state index is 0.349. The first-order valence-electron chi connectivity index (χ1n) is 3.72. The number of fused-ring (bicyclic) bond motifs is 1. The van der Waals surface area contributed by atoms with Gasteiger partial charge in [0.05, 0.1) is 0 Å². The third-order valence-electron chi connectivity index (χ3n) is 1.84. The molecule has 1 aromatic rings. The molecule has 0 saturated heterocycles. The van der Waals surface area contributed by atoms with Gasteiger partial charge in [-0.1, -0.05) is 0 Å². The van der Waals surface area contributed by atoms with E-state index in [-0.39, 0.29) is 0 Å². The minimum Gasteiger partial charge on any atom is -0.366 e. The Balaban J connectivity index is 2.34. The predicted octanol–water partition coefficient (Wildman–Crippen LogP) is 0.0644. The molecule has 0 aromatic carbocycles. The number of nitrogens with one attached hydrogen (secondary N) is 1. The van der Waals surface area contributed by atoms with Crippen LogP contribution in [0.15, 0.2) is 0 Å². The Hall–Kier alpha value is -1.26. The molecule has 2 heterocycles. The molecule has 2 rings (SSSR count). The highest BCUT2D eigenvalue weighted by Gasteiger charge is 2.16. The van der Waals surface area contributed by atoms with Crippen LogP contribution in [0.3, 0.4) is 0 Å². The standard InChI is InChI=1S/C6H11N5/c1-4-2-3-11-6(8-4)9-5(7)10-11/h4H,2-3H2,1H3,(H3,7,8,9,10). The molecule has 0 spiro atoms. The van der Waals surface area contributed by atoms with Crippen LogP contribution in [0.4, 0.5) is 11.9 Å². The van der Waals surface area contributed by atoms with Gasteiger partial charge in [0.2, 0.25) is 11.9 Å². The molecule has 0 amide bonds. The van der Waals surface area contributed by atoms with Crippen LogP contribution >= 0.6 is 0 Å². The Morgan fingerprint density at radius 1 is 1.73 bits per heavy atom. The maximum atomic E-state index is 5.42. The maximum Gasteiger partial charge on any atom is 0.241 e. The van der Waals surface area contributed by atoms with Crippen LogP contribution in [-0.4, -0.2) is 20.8 Å². The van der Waals surface area contributed by atoms with E-state index < -0.39 is 0 Å². The van der Waals surface area contributed by atoms with Crippen molar-refractivity contribution in [3.8, 4) is 0 Å². The molecule has 1 unspecified atom stereocenters. The van der Waals surface area contributed by atoms with Crippen LogP contribution in [0.1, 0.15) is 13.3 Å². The monoisotopic (exact) mass is 153 g/mol. The van der Waals surface area contributed by atoms with Crippen LogP contribution in [-0.2, 0) is 6.54 Å². The largest absolute Gasteiger partial charge is 0.366 e. The number of anilines is 2. The lowest BCUT2D eigenvalue weighted by atomic mass is 10.2. The Labute approximate surface area is 64.6 Å². The van der Waals surface area contributed by atoms with E-state index in [1.54, 1.807) is 4.68 Å². The van der Waals surface area contributed by atoms with Crippen molar-refractivity contribution in [3.05, 3.63) is 0 Å². The average molecular weight is 153 g/mol. The van der Waals surface area contributed by atoms with Gasteiger partial charge in [-0.2, -0.15) is 4.98 Å². The van der Waals surface area contributed by atoms with Gasteiger partial charge in [-0.05, 0) is 13.3 Å². The number of aromatic nitrogens is 3. The van der Waals surface area contributed by atoms with Crippen LogP contribution < -0.4 is 11.1 Å². The van der Waals surface area contributed by atoms with Crippen LogP contribution in [0, 0.1) is 0 Å². The number of nitrogen functional groups attached to an aromatic ring is 1. The van der Waals surface area contributed by atoms with E-state index in [4.69, 9.17) is 5.73 Å². The van der Waals surface area contributed by atoms with E-state index >= 15 is 0 Å². The summed E-state index contributed by atoms with van der Waals surface area (Å²) in [5.41, 5.74) is 5.42. The van der Waals surface area contributed by atoms with Crippen molar-refractivity contribution < 1.29 is 0 Å². The maximum absolute atomic E-state index is 5.42. The fraction of sp³-hybridized carbons (Fsp3) is 0.667. The molecule has 1 atom stereocenters. The Morgan fingerprint density at radius 2 is 2.55 bits per heavy atom. The third-order valence-corrected chi connectivity index (χ3v) is 1.84. The highest BCUT2D eigenvalue weighted by atomic mass is 15.4. The van der Waals surface area contributed by atoms with E-state index in [1.807, 2.05) is 0 Å². The summed E-state index contributed by atoms with van der Waals surface area (Å²) in [6, 6.07) is 0.478. The van der Waals surface area contributed by atoms with Gasteiger partial charge in [0.1, 0.15) is 0 Å². The fourth-order valence-corrected chi connectivity index (χ4v) is 1.23. The second-order valence-electron chi connectivity index (χ2n) is 2.85. The lowest BCUT2D eigenvalue weighted by Gasteiger charge is -2.20. The van der Waals surface area contributed by atoms with Crippen molar-refractivity contribution in [2.24, 2.45) is 0 Å². The zero-order valence-corrected chi connectivity index (χ0v) is 6.41. The summed E-state index contributed by atoms with van der Waals surface area (Å²) in [5.74, 6) is 1.14. The smallest absolute Gasteiger partial charge is 0.241 e. The van der Waals surface area contributed by atoms with Gasteiger partial charge < -0.3 is 11.1 Å². The number of rotatable bonds is 0. The third kappa shape index (κ3) is 1.02. The number of hydrogen-bond donors (Lipinski definition) is 2. The molecular weight excluding hydrogens is 142 g/mol. The first-order chi connectivity index (χ1) is 5.25. The van der Waals surface area contributed by atoms with Crippen molar-refractivity contribution >= 4 is 11.9 Å². The first kappa shape index (κ1) is 6.45. The van der Waals surface area contributed by atoms with Crippen LogP contribution in [0.25, 0.3) is 0 Å². The fourth-order valence-electron chi connectivity index (χ4n) is 1.23. The van der Waals surface area contributed by atoms with E-state index in [1.165, 1.54) is 0 Å². The number of aryl methyl sites for hydroxylation is 1. The summed E-state index contributed by atoms with van der Waals surface area (Å²) in [7, 11) is 0. The molecule has 5 heteroatoms. The molecule has 5 nitrogen and oxygen atoms in total. The summed E-state index contributed by atoms with van der Waals surface area (Å²) >= 11 is 0. The molecule has 0 fully saturated rings. The second-order valence-corrected chi connectivity index (χ2v) is 2.85. The molecule has 1 aliphatic heterocycles. The second kappa shape index (κ2) is 2.11. The van der Waals surface area contributed by atoms with Crippen molar-refractivity contribution in [2.45, 2.75) is 25.9 Å². The summed E-state index contributed by atoms with van der Waals surface area (Å²) < 4.78 is 1.80. The molecule has 1 aromatic heterocycles. The molecule has 3 N–H and O–H groups in total. The Bertz CT molecular complexity index is 266. The SMILES string of the molecule is CC1CCn2nc(N)nc2N1. The van der Waals surface area contributed by atoms with Gasteiger partial charge in [-0.3, -0.25) is 0 Å². The molecule has 0 saturated carbocycles. The first-order valence-corrected chi connectivity index (χ1v) is 3.72. The number of nitrogens with zero attached hydrogens (tertiary/aromatic N) is 3. The van der Waals surface area contributed by atoms with E-state index in [9.17, 15) is 0 Å². The minimum atomic E-state index is 0.349. The molecule has 0 aliphatic carbocycles. The summed E-state index contributed by atoms with van der Waals surface area (Å²) in [5, 5.41) is 7.20. The average Bonchev–Trinajstić information content (AvgIpc) is 2.27. The summed E-state index contributed by atoms with van der Waals surface area (Å²) in [4.78, 5) is 4.02. The molecular formula is C6H11N5. The lowest BCUT2D eigenvalue weighted by molar-refractivity contribution is 0.510. The normalized spacial score (nSPS) is 22.5. The highest BCUT2D eigenvalue weighted by Crippen LogP contribution is 2.15. The zero-order valence-electron chi connectivity index (χ0n) is 6.41. The molecule has 0 radical (unpaired) electrons. The van der Waals surface area contributed by atoms with E-state index in [0.717, 1.165) is 18.9 Å². The number of nitrogens with two attached hydrogens (primary N) is 1.